The smallest absolute Gasteiger partial charge is 0.219 e. The highest BCUT2D eigenvalue weighted by molar-refractivity contribution is 5.56. The second-order valence-electron chi connectivity index (χ2n) is 4.73. The number of fused-ring (bicyclic) bond motifs is 1. The topological polar surface area (TPSA) is 15.3 Å². The Morgan fingerprint density at radius 1 is 0.950 bits per heavy atom. The van der Waals surface area contributed by atoms with E-state index in [4.69, 9.17) is 0 Å². The molecule has 1 unspecified atom stereocenters. The predicted molar refractivity (Wildman–Crippen MR) is 71.0 cm³/mol. The Balaban J connectivity index is 2.01. The quantitative estimate of drug-likeness (QED) is 0.798. The maximum Gasteiger partial charge on any atom is 0.499 e. The molecule has 104 valence electrons. The normalized spacial score (nSPS) is 18.8. The summed E-state index contributed by atoms with van der Waals surface area (Å²) in [5, 5.41) is 0.309. The first-order chi connectivity index (χ1) is 9.55. The van der Waals surface area contributed by atoms with Gasteiger partial charge >= 0.3 is 6.30 Å². The van der Waals surface area contributed by atoms with Gasteiger partial charge in [-0.05, 0) is 23.6 Å². The van der Waals surface area contributed by atoms with E-state index < -0.39 is 6.30 Å². The zero-order chi connectivity index (χ0) is 14.2. The Morgan fingerprint density at radius 2 is 1.60 bits per heavy atom. The van der Waals surface area contributed by atoms with E-state index in [1.165, 1.54) is 6.07 Å². The molecule has 20 heavy (non-hydrogen) atoms. The molecule has 0 amide bonds. The van der Waals surface area contributed by atoms with Crippen molar-refractivity contribution in [3.63, 3.8) is 0 Å². The van der Waals surface area contributed by atoms with Crippen LogP contribution in [0.2, 0.25) is 0 Å². The molecule has 2 nitrogen and oxygen atoms in total. The molecular formula is C15H13F3N2. The molecule has 1 aliphatic heterocycles. The summed E-state index contributed by atoms with van der Waals surface area (Å²) < 4.78 is 39.5. The van der Waals surface area contributed by atoms with Crippen LogP contribution in [-0.2, 0) is 6.42 Å². The highest BCUT2D eigenvalue weighted by Gasteiger charge is 2.42. The fraction of sp³-hybridized carbons (Fsp3) is 0.200. The van der Waals surface area contributed by atoms with Crippen LogP contribution in [-0.4, -0.2) is 6.30 Å². The van der Waals surface area contributed by atoms with Crippen molar-refractivity contribution >= 4 is 5.69 Å². The van der Waals surface area contributed by atoms with E-state index in [0.717, 1.165) is 5.56 Å². The zero-order valence-corrected chi connectivity index (χ0v) is 10.6. The van der Waals surface area contributed by atoms with Gasteiger partial charge in [0.25, 0.3) is 0 Å². The van der Waals surface area contributed by atoms with Crippen LogP contribution in [0.1, 0.15) is 17.2 Å². The van der Waals surface area contributed by atoms with E-state index in [0.29, 0.717) is 17.0 Å². The number of halogens is 3. The number of anilines is 1. The van der Waals surface area contributed by atoms with Crippen LogP contribution >= 0.6 is 0 Å². The van der Waals surface area contributed by atoms with Crippen LogP contribution in [0.25, 0.3) is 0 Å². The van der Waals surface area contributed by atoms with Gasteiger partial charge in [0.2, 0.25) is 0 Å². The number of hydrogen-bond donors (Lipinski definition) is 1. The predicted octanol–water partition coefficient (Wildman–Crippen LogP) is 3.81. The molecule has 1 heterocycles. The maximum absolute atomic E-state index is 13.2. The summed E-state index contributed by atoms with van der Waals surface area (Å²) in [6.07, 6.45) is -3.92. The first-order valence-electron chi connectivity index (χ1n) is 6.31. The summed E-state index contributed by atoms with van der Waals surface area (Å²) in [6.45, 7) is 0. The van der Waals surface area contributed by atoms with Crippen molar-refractivity contribution in [3.8, 4) is 0 Å². The van der Waals surface area contributed by atoms with Crippen molar-refractivity contribution in [2.45, 2.75) is 18.8 Å². The molecule has 0 saturated carbocycles. The van der Waals surface area contributed by atoms with Crippen LogP contribution in [0.4, 0.5) is 18.9 Å². The lowest BCUT2D eigenvalue weighted by molar-refractivity contribution is -0.139. The van der Waals surface area contributed by atoms with E-state index >= 15 is 0 Å². The van der Waals surface area contributed by atoms with E-state index in [-0.39, 0.29) is 11.7 Å². The van der Waals surface area contributed by atoms with Crippen LogP contribution in [0.5, 0.6) is 0 Å². The number of rotatable bonds is 1. The molecule has 0 spiro atoms. The van der Waals surface area contributed by atoms with Crippen molar-refractivity contribution in [1.82, 2.24) is 5.43 Å². The minimum absolute atomic E-state index is 0.173. The van der Waals surface area contributed by atoms with Crippen LogP contribution in [0.15, 0.2) is 54.6 Å². The fourth-order valence-corrected chi connectivity index (χ4v) is 2.48. The monoisotopic (exact) mass is 278 g/mol. The van der Waals surface area contributed by atoms with Gasteiger partial charge in [0.05, 0.1) is 11.7 Å². The lowest BCUT2D eigenvalue weighted by atomic mass is 9.96. The Hall–Kier alpha value is -2.01. The molecular weight excluding hydrogens is 265 g/mol. The summed E-state index contributed by atoms with van der Waals surface area (Å²) in [4.78, 5) is 0. The fourth-order valence-electron chi connectivity index (χ4n) is 2.48. The Morgan fingerprint density at radius 3 is 2.30 bits per heavy atom. The molecule has 0 aliphatic carbocycles. The minimum atomic E-state index is -4.45. The van der Waals surface area contributed by atoms with Crippen LogP contribution in [0.3, 0.4) is 0 Å². The minimum Gasteiger partial charge on any atom is -0.219 e. The first kappa shape index (κ1) is 13.0. The molecule has 2 aromatic rings. The average molecular weight is 278 g/mol. The Labute approximate surface area is 114 Å². The van der Waals surface area contributed by atoms with Gasteiger partial charge in [-0.2, -0.15) is 0 Å². The summed E-state index contributed by atoms with van der Waals surface area (Å²) in [5.41, 5.74) is 4.28. The number of benzene rings is 2. The molecule has 1 N–H and O–H groups in total. The van der Waals surface area contributed by atoms with Crippen molar-refractivity contribution in [2.75, 3.05) is 5.01 Å². The molecule has 0 fully saturated rings. The summed E-state index contributed by atoms with van der Waals surface area (Å²) >= 11 is 0. The van der Waals surface area contributed by atoms with Crippen molar-refractivity contribution < 1.29 is 13.2 Å². The molecule has 1 aliphatic rings. The zero-order valence-electron chi connectivity index (χ0n) is 10.6. The molecule has 1 atom stereocenters. The third-order valence-corrected chi connectivity index (χ3v) is 3.40. The molecule has 5 heteroatoms. The summed E-state index contributed by atoms with van der Waals surface area (Å²) in [6, 6.07) is 15.4. The molecule has 3 rings (SSSR count). The number of nitrogens with zero attached hydrogens (tertiary/aromatic N) is 1. The molecule has 0 saturated heterocycles. The lowest BCUT2D eigenvalue weighted by Crippen LogP contribution is -2.53. The van der Waals surface area contributed by atoms with Crippen LogP contribution in [0, 0.1) is 0 Å². The second-order valence-corrected chi connectivity index (χ2v) is 4.73. The highest BCUT2D eigenvalue weighted by Crippen LogP contribution is 2.36. The summed E-state index contributed by atoms with van der Waals surface area (Å²) in [7, 11) is 0. The first-order valence-corrected chi connectivity index (χ1v) is 6.31. The standard InChI is InChI=1S/C15H13F3N2/c16-15(17,18)20-14-9-5-4-8-12(14)10-13(19-20)11-6-2-1-3-7-11/h1-9,13,19H,10H2. The number of alkyl halides is 3. The van der Waals surface area contributed by atoms with Gasteiger partial charge < -0.3 is 0 Å². The molecule has 2 aromatic carbocycles. The van der Waals surface area contributed by atoms with Gasteiger partial charge in [-0.1, -0.05) is 48.5 Å². The van der Waals surface area contributed by atoms with E-state index in [1.54, 1.807) is 18.2 Å². The van der Waals surface area contributed by atoms with Crippen molar-refractivity contribution in [1.29, 1.82) is 0 Å². The molecule has 0 radical (unpaired) electrons. The average Bonchev–Trinajstić information content (AvgIpc) is 2.46. The Bertz CT molecular complexity index is 596. The van der Waals surface area contributed by atoms with Gasteiger partial charge in [-0.25, -0.2) is 10.4 Å². The Kier molecular flexibility index (Phi) is 3.14. The summed E-state index contributed by atoms with van der Waals surface area (Å²) in [5.74, 6) is 0. The SMILES string of the molecule is FC(F)(F)N1NC(c2ccccc2)Cc2ccccc21. The third kappa shape index (κ3) is 2.36. The van der Waals surface area contributed by atoms with Crippen LogP contribution < -0.4 is 10.4 Å². The molecule has 0 bridgehead atoms. The van der Waals surface area contributed by atoms with Gasteiger partial charge in [-0.3, -0.25) is 0 Å². The number of hydrazine groups is 1. The van der Waals surface area contributed by atoms with Crippen molar-refractivity contribution in [3.05, 3.63) is 65.7 Å². The number of para-hydroxylation sites is 1. The van der Waals surface area contributed by atoms with Gasteiger partial charge in [0.1, 0.15) is 0 Å². The number of hydrogen-bond acceptors (Lipinski definition) is 2. The van der Waals surface area contributed by atoms with E-state index in [2.05, 4.69) is 5.43 Å². The van der Waals surface area contributed by atoms with E-state index in [9.17, 15) is 13.2 Å². The maximum atomic E-state index is 13.2. The highest BCUT2D eigenvalue weighted by atomic mass is 19.4. The largest absolute Gasteiger partial charge is 0.499 e. The molecule has 0 aromatic heterocycles. The third-order valence-electron chi connectivity index (χ3n) is 3.40. The van der Waals surface area contributed by atoms with Gasteiger partial charge in [-0.15, -0.1) is 13.2 Å². The lowest BCUT2D eigenvalue weighted by Gasteiger charge is -2.37. The van der Waals surface area contributed by atoms with Crippen molar-refractivity contribution in [2.24, 2.45) is 0 Å². The van der Waals surface area contributed by atoms with Gasteiger partial charge in [0, 0.05) is 0 Å². The second kappa shape index (κ2) is 4.83. The van der Waals surface area contributed by atoms with Gasteiger partial charge in [0.15, 0.2) is 0 Å². The van der Waals surface area contributed by atoms with E-state index in [1.807, 2.05) is 30.3 Å². The number of nitrogens with one attached hydrogen (secondary N) is 1.